The molecule has 1 saturated carbocycles. The zero-order valence-corrected chi connectivity index (χ0v) is 10.8. The first-order valence-corrected chi connectivity index (χ1v) is 6.74. The van der Waals surface area contributed by atoms with Gasteiger partial charge in [-0.25, -0.2) is 4.98 Å². The first-order chi connectivity index (χ1) is 9.49. The van der Waals surface area contributed by atoms with E-state index in [0.29, 0.717) is 11.0 Å². The molecule has 3 rings (SSSR count). The third-order valence-electron chi connectivity index (χ3n) is 3.75. The number of aromatic nitrogens is 2. The molecule has 1 fully saturated rings. The van der Waals surface area contributed by atoms with Crippen LogP contribution in [0, 0.1) is 5.92 Å². The van der Waals surface area contributed by atoms with Crippen LogP contribution in [-0.2, 0) is 6.42 Å². The highest BCUT2D eigenvalue weighted by molar-refractivity contribution is 5.76. The summed E-state index contributed by atoms with van der Waals surface area (Å²) < 4.78 is 40.4. The van der Waals surface area contributed by atoms with E-state index in [9.17, 15) is 13.2 Å². The van der Waals surface area contributed by atoms with Crippen molar-refractivity contribution in [2.75, 3.05) is 0 Å². The van der Waals surface area contributed by atoms with Gasteiger partial charge in [0.2, 0.25) is 0 Å². The minimum Gasteiger partial charge on any atom is -0.406 e. The first kappa shape index (κ1) is 13.3. The molecule has 108 valence electrons. The maximum Gasteiger partial charge on any atom is 0.573 e. The highest BCUT2D eigenvalue weighted by Gasteiger charge is 2.31. The van der Waals surface area contributed by atoms with E-state index < -0.39 is 6.36 Å². The Morgan fingerprint density at radius 3 is 2.75 bits per heavy atom. The molecule has 6 heteroatoms. The van der Waals surface area contributed by atoms with Crippen molar-refractivity contribution < 1.29 is 17.9 Å². The Labute approximate surface area is 114 Å². The molecule has 1 aliphatic rings. The van der Waals surface area contributed by atoms with Crippen molar-refractivity contribution in [3.8, 4) is 5.75 Å². The summed E-state index contributed by atoms with van der Waals surface area (Å²) in [4.78, 5) is 7.46. The van der Waals surface area contributed by atoms with E-state index in [-0.39, 0.29) is 5.75 Å². The third kappa shape index (κ3) is 3.05. The molecule has 1 aliphatic carbocycles. The van der Waals surface area contributed by atoms with E-state index in [1.807, 2.05) is 0 Å². The zero-order chi connectivity index (χ0) is 14.2. The van der Waals surface area contributed by atoms with Gasteiger partial charge in [-0.05, 0) is 24.5 Å². The van der Waals surface area contributed by atoms with Gasteiger partial charge in [0.05, 0.1) is 11.0 Å². The molecule has 1 aromatic carbocycles. The van der Waals surface area contributed by atoms with Crippen LogP contribution in [0.25, 0.3) is 11.0 Å². The maximum absolute atomic E-state index is 12.2. The molecule has 1 heterocycles. The van der Waals surface area contributed by atoms with Crippen molar-refractivity contribution in [1.29, 1.82) is 0 Å². The summed E-state index contributed by atoms with van der Waals surface area (Å²) in [5.74, 6) is 1.39. The Morgan fingerprint density at radius 2 is 2.10 bits per heavy atom. The van der Waals surface area contributed by atoms with E-state index >= 15 is 0 Å². The second-order valence-corrected chi connectivity index (χ2v) is 5.25. The Morgan fingerprint density at radius 1 is 1.30 bits per heavy atom. The molecule has 0 aliphatic heterocycles. The fourth-order valence-electron chi connectivity index (χ4n) is 2.48. The normalized spacial score (nSPS) is 16.4. The van der Waals surface area contributed by atoms with Crippen LogP contribution in [0.5, 0.6) is 5.75 Å². The van der Waals surface area contributed by atoms with Gasteiger partial charge in [-0.1, -0.05) is 19.3 Å². The molecule has 1 aromatic heterocycles. The van der Waals surface area contributed by atoms with Crippen LogP contribution in [0.3, 0.4) is 0 Å². The van der Waals surface area contributed by atoms with Crippen molar-refractivity contribution in [1.82, 2.24) is 9.97 Å². The van der Waals surface area contributed by atoms with Crippen molar-refractivity contribution in [3.63, 3.8) is 0 Å². The molecule has 0 radical (unpaired) electrons. The highest BCUT2D eigenvalue weighted by atomic mass is 19.4. The first-order valence-electron chi connectivity index (χ1n) is 6.74. The number of aromatic amines is 1. The van der Waals surface area contributed by atoms with E-state index in [1.165, 1.54) is 31.4 Å². The predicted molar refractivity (Wildman–Crippen MR) is 68.4 cm³/mol. The zero-order valence-electron chi connectivity index (χ0n) is 10.8. The van der Waals surface area contributed by atoms with E-state index in [2.05, 4.69) is 14.7 Å². The number of halogens is 3. The average Bonchev–Trinajstić information content (AvgIpc) is 2.66. The highest BCUT2D eigenvalue weighted by Crippen LogP contribution is 2.31. The number of aryl methyl sites for hydroxylation is 1. The minimum atomic E-state index is -4.67. The number of hydrogen-bond donors (Lipinski definition) is 1. The molecular formula is C14H15F3N2O. The number of hydrogen-bond acceptors (Lipinski definition) is 2. The number of rotatable bonds is 4. The van der Waals surface area contributed by atoms with Crippen LogP contribution >= 0.6 is 0 Å². The number of benzene rings is 1. The molecule has 2 aromatic rings. The molecule has 0 atom stereocenters. The lowest BCUT2D eigenvalue weighted by Crippen LogP contribution is -2.16. The maximum atomic E-state index is 12.2. The summed E-state index contributed by atoms with van der Waals surface area (Å²) in [5.41, 5.74) is 1.25. The number of fused-ring (bicyclic) bond motifs is 1. The second-order valence-electron chi connectivity index (χ2n) is 5.25. The average molecular weight is 284 g/mol. The number of alkyl halides is 3. The fourth-order valence-corrected chi connectivity index (χ4v) is 2.48. The van der Waals surface area contributed by atoms with Crippen LogP contribution in [-0.4, -0.2) is 16.3 Å². The smallest absolute Gasteiger partial charge is 0.406 e. The Bertz CT molecular complexity index is 602. The molecule has 20 heavy (non-hydrogen) atoms. The minimum absolute atomic E-state index is 0.223. The standard InChI is InChI=1S/C14H15F3N2O/c15-14(16,17)20-10-5-6-11-12(8-10)19-13(18-11)7-4-9-2-1-3-9/h5-6,8-9H,1-4,7H2,(H,18,19). The molecule has 0 amide bonds. The number of imidazole rings is 1. The number of nitrogens with zero attached hydrogens (tertiary/aromatic N) is 1. The van der Waals surface area contributed by atoms with Crippen molar-refractivity contribution in [2.24, 2.45) is 5.92 Å². The van der Waals surface area contributed by atoms with Gasteiger partial charge in [0.25, 0.3) is 0 Å². The van der Waals surface area contributed by atoms with Gasteiger partial charge < -0.3 is 9.72 Å². The molecule has 3 nitrogen and oxygen atoms in total. The lowest BCUT2D eigenvalue weighted by Gasteiger charge is -2.24. The summed E-state index contributed by atoms with van der Waals surface area (Å²) in [5, 5.41) is 0. The van der Waals surface area contributed by atoms with Crippen LogP contribution in [0.2, 0.25) is 0 Å². The summed E-state index contributed by atoms with van der Waals surface area (Å²) in [6.45, 7) is 0. The van der Waals surface area contributed by atoms with Gasteiger partial charge in [-0.3, -0.25) is 0 Å². The van der Waals surface area contributed by atoms with Crippen molar-refractivity contribution in [3.05, 3.63) is 24.0 Å². The lowest BCUT2D eigenvalue weighted by atomic mass is 9.82. The molecule has 0 saturated heterocycles. The molecule has 0 spiro atoms. The molecule has 0 unspecified atom stereocenters. The number of nitrogens with one attached hydrogen (secondary N) is 1. The Balaban J connectivity index is 1.72. The predicted octanol–water partition coefficient (Wildman–Crippen LogP) is 4.19. The largest absolute Gasteiger partial charge is 0.573 e. The van der Waals surface area contributed by atoms with Crippen molar-refractivity contribution >= 4 is 11.0 Å². The van der Waals surface area contributed by atoms with Gasteiger partial charge in [0.1, 0.15) is 11.6 Å². The quantitative estimate of drug-likeness (QED) is 0.914. The Kier molecular flexibility index (Phi) is 3.31. The van der Waals surface area contributed by atoms with E-state index in [1.54, 1.807) is 6.07 Å². The van der Waals surface area contributed by atoms with Gasteiger partial charge in [0, 0.05) is 12.5 Å². The monoisotopic (exact) mass is 284 g/mol. The van der Waals surface area contributed by atoms with Gasteiger partial charge in [-0.2, -0.15) is 0 Å². The SMILES string of the molecule is FC(F)(F)Oc1ccc2nc(CCC3CCC3)[nH]c2c1. The lowest BCUT2D eigenvalue weighted by molar-refractivity contribution is -0.274. The van der Waals surface area contributed by atoms with E-state index in [4.69, 9.17) is 0 Å². The number of ether oxygens (including phenoxy) is 1. The third-order valence-corrected chi connectivity index (χ3v) is 3.75. The molecule has 0 bridgehead atoms. The summed E-state index contributed by atoms with van der Waals surface area (Å²) in [6.07, 6.45) is 1.14. The van der Waals surface area contributed by atoms with Crippen LogP contribution in [0.4, 0.5) is 13.2 Å². The van der Waals surface area contributed by atoms with E-state index in [0.717, 1.165) is 24.6 Å². The van der Waals surface area contributed by atoms with Gasteiger partial charge in [-0.15, -0.1) is 13.2 Å². The topological polar surface area (TPSA) is 37.9 Å². The van der Waals surface area contributed by atoms with Crippen molar-refractivity contribution in [2.45, 2.75) is 38.5 Å². The van der Waals surface area contributed by atoms with Crippen LogP contribution < -0.4 is 4.74 Å². The van der Waals surface area contributed by atoms with Crippen LogP contribution in [0.1, 0.15) is 31.5 Å². The second kappa shape index (κ2) is 5.00. The van der Waals surface area contributed by atoms with Gasteiger partial charge >= 0.3 is 6.36 Å². The fraction of sp³-hybridized carbons (Fsp3) is 0.500. The number of H-pyrrole nitrogens is 1. The summed E-state index contributed by atoms with van der Waals surface area (Å²) in [6, 6.07) is 4.16. The van der Waals surface area contributed by atoms with Crippen LogP contribution in [0.15, 0.2) is 18.2 Å². The summed E-state index contributed by atoms with van der Waals surface area (Å²) in [7, 11) is 0. The molecule has 1 N–H and O–H groups in total. The van der Waals surface area contributed by atoms with Gasteiger partial charge in [0.15, 0.2) is 0 Å². The Hall–Kier alpha value is -1.72. The summed E-state index contributed by atoms with van der Waals surface area (Å²) >= 11 is 0. The molecular weight excluding hydrogens is 269 g/mol.